The third kappa shape index (κ3) is 5.17. The lowest BCUT2D eigenvalue weighted by molar-refractivity contribution is 0.0617. The minimum atomic E-state index is -0.997. The van der Waals surface area contributed by atoms with E-state index < -0.39 is 5.60 Å². The van der Waals surface area contributed by atoms with E-state index in [-0.39, 0.29) is 0 Å². The van der Waals surface area contributed by atoms with Crippen molar-refractivity contribution in [1.29, 1.82) is 0 Å². The Hall–Kier alpha value is -3.19. The highest BCUT2D eigenvalue weighted by atomic mass is 16.3. The number of aliphatic imine (C=N–C) groups is 1. The van der Waals surface area contributed by atoms with Crippen LogP contribution in [0.1, 0.15) is 25.0 Å². The Labute approximate surface area is 165 Å². The number of nitrogens with zero attached hydrogens (tertiary/aromatic N) is 4. The summed E-state index contributed by atoms with van der Waals surface area (Å²) in [5.74, 6) is 1.45. The lowest BCUT2D eigenvalue weighted by atomic mass is 9.96. The number of nitrogens with one attached hydrogen (secondary N) is 2. The summed E-state index contributed by atoms with van der Waals surface area (Å²) in [7, 11) is 0. The third-order valence-corrected chi connectivity index (χ3v) is 4.34. The van der Waals surface area contributed by atoms with Gasteiger partial charge in [-0.1, -0.05) is 30.3 Å². The summed E-state index contributed by atoms with van der Waals surface area (Å²) in [4.78, 5) is 13.0. The topological polar surface area (TPSA) is 87.4 Å². The van der Waals surface area contributed by atoms with Crippen LogP contribution in [0.2, 0.25) is 0 Å². The molecule has 146 valence electrons. The zero-order chi connectivity index (χ0) is 19.8. The van der Waals surface area contributed by atoms with Crippen molar-refractivity contribution >= 4 is 5.96 Å². The second-order valence-electron chi connectivity index (χ2n) is 6.68. The molecule has 0 aliphatic heterocycles. The number of rotatable bonds is 7. The largest absolute Gasteiger partial charge is 0.384 e. The first kappa shape index (κ1) is 19.6. The Morgan fingerprint density at radius 3 is 2.71 bits per heavy atom. The minimum Gasteiger partial charge on any atom is -0.384 e. The minimum absolute atomic E-state index is 0.347. The maximum absolute atomic E-state index is 10.8. The second kappa shape index (κ2) is 9.14. The molecular weight excluding hydrogens is 352 g/mol. The quantitative estimate of drug-likeness (QED) is 0.433. The maximum atomic E-state index is 10.8. The molecule has 2 heterocycles. The van der Waals surface area contributed by atoms with E-state index in [0.717, 1.165) is 23.5 Å². The maximum Gasteiger partial charge on any atom is 0.191 e. The number of hydrogen-bond donors (Lipinski definition) is 3. The van der Waals surface area contributed by atoms with E-state index in [2.05, 4.69) is 25.6 Å². The number of benzene rings is 1. The number of imidazole rings is 1. The summed E-state index contributed by atoms with van der Waals surface area (Å²) in [6.45, 7) is 5.37. The zero-order valence-electron chi connectivity index (χ0n) is 16.2. The van der Waals surface area contributed by atoms with Gasteiger partial charge in [-0.05, 0) is 37.1 Å². The molecule has 1 atom stereocenters. The molecule has 0 bridgehead atoms. The van der Waals surface area contributed by atoms with Crippen LogP contribution in [0.15, 0.2) is 72.4 Å². The van der Waals surface area contributed by atoms with E-state index in [0.29, 0.717) is 19.0 Å². The highest BCUT2D eigenvalue weighted by Gasteiger charge is 2.22. The van der Waals surface area contributed by atoms with Crippen LogP contribution >= 0.6 is 0 Å². The Balaban J connectivity index is 1.67. The molecular formula is C21H26N6O. The van der Waals surface area contributed by atoms with Gasteiger partial charge in [0.15, 0.2) is 5.96 Å². The van der Waals surface area contributed by atoms with Gasteiger partial charge in [-0.15, -0.1) is 0 Å². The molecule has 1 unspecified atom stereocenters. The predicted octanol–water partition coefficient (Wildman–Crippen LogP) is 2.23. The second-order valence-corrected chi connectivity index (χ2v) is 6.68. The van der Waals surface area contributed by atoms with Gasteiger partial charge in [-0.3, -0.25) is 4.57 Å². The third-order valence-electron chi connectivity index (χ3n) is 4.34. The first-order valence-electron chi connectivity index (χ1n) is 9.32. The van der Waals surface area contributed by atoms with Crippen LogP contribution in [0.5, 0.6) is 0 Å². The van der Waals surface area contributed by atoms with Crippen molar-refractivity contribution < 1.29 is 5.11 Å². The van der Waals surface area contributed by atoms with Gasteiger partial charge in [0.1, 0.15) is 17.7 Å². The van der Waals surface area contributed by atoms with Crippen molar-refractivity contribution in [2.45, 2.75) is 26.0 Å². The summed E-state index contributed by atoms with van der Waals surface area (Å²) < 4.78 is 1.85. The van der Waals surface area contributed by atoms with Crippen molar-refractivity contribution in [3.8, 4) is 5.82 Å². The molecule has 0 radical (unpaired) electrons. The zero-order valence-corrected chi connectivity index (χ0v) is 16.2. The monoisotopic (exact) mass is 378 g/mol. The molecule has 0 saturated heterocycles. The molecule has 3 aromatic rings. The Kier molecular flexibility index (Phi) is 6.39. The fourth-order valence-corrected chi connectivity index (χ4v) is 2.76. The number of aliphatic hydroxyl groups is 1. The lowest BCUT2D eigenvalue weighted by Gasteiger charge is -2.25. The summed E-state index contributed by atoms with van der Waals surface area (Å²) in [6, 6.07) is 13.5. The highest BCUT2D eigenvalue weighted by molar-refractivity contribution is 5.79. The normalized spacial score (nSPS) is 13.8. The molecule has 1 aromatic carbocycles. The molecule has 3 rings (SSSR count). The van der Waals surface area contributed by atoms with Crippen molar-refractivity contribution in [2.75, 3.05) is 13.1 Å². The van der Waals surface area contributed by atoms with Crippen molar-refractivity contribution in [2.24, 2.45) is 4.99 Å². The average Bonchev–Trinajstić information content (AvgIpc) is 3.26. The van der Waals surface area contributed by atoms with E-state index in [1.54, 1.807) is 25.6 Å². The van der Waals surface area contributed by atoms with Gasteiger partial charge in [0.2, 0.25) is 0 Å². The molecule has 0 aliphatic rings. The van der Waals surface area contributed by atoms with Crippen LogP contribution in [0, 0.1) is 0 Å². The molecule has 0 aliphatic carbocycles. The van der Waals surface area contributed by atoms with Crippen LogP contribution in [0.25, 0.3) is 5.82 Å². The SMILES string of the molecule is CCNC(=NCc1ccnc(-n2ccnc2)c1)NCC(C)(O)c1ccccc1. The number of aromatic nitrogens is 3. The first-order valence-corrected chi connectivity index (χ1v) is 9.32. The van der Waals surface area contributed by atoms with Gasteiger partial charge in [0.05, 0.1) is 13.1 Å². The molecule has 0 amide bonds. The lowest BCUT2D eigenvalue weighted by Crippen LogP contribution is -2.44. The summed E-state index contributed by atoms with van der Waals surface area (Å²) in [6.07, 6.45) is 7.05. The van der Waals surface area contributed by atoms with Gasteiger partial charge in [0.25, 0.3) is 0 Å². The fraction of sp³-hybridized carbons (Fsp3) is 0.286. The molecule has 0 saturated carbocycles. The molecule has 2 aromatic heterocycles. The van der Waals surface area contributed by atoms with Crippen molar-refractivity contribution in [3.63, 3.8) is 0 Å². The van der Waals surface area contributed by atoms with Crippen LogP contribution in [0.3, 0.4) is 0 Å². The summed E-state index contributed by atoms with van der Waals surface area (Å²) >= 11 is 0. The molecule has 3 N–H and O–H groups in total. The van der Waals surface area contributed by atoms with Crippen LogP contribution < -0.4 is 10.6 Å². The van der Waals surface area contributed by atoms with Crippen molar-refractivity contribution in [3.05, 3.63) is 78.5 Å². The number of pyridine rings is 1. The summed E-state index contributed by atoms with van der Waals surface area (Å²) in [5, 5.41) is 17.2. The van der Waals surface area contributed by atoms with Crippen molar-refractivity contribution in [1.82, 2.24) is 25.2 Å². The number of guanidine groups is 1. The van der Waals surface area contributed by atoms with E-state index in [1.807, 2.05) is 60.2 Å². The molecule has 0 spiro atoms. The highest BCUT2D eigenvalue weighted by Crippen LogP contribution is 2.18. The fourth-order valence-electron chi connectivity index (χ4n) is 2.76. The standard InChI is InChI=1S/C21H26N6O/c1-3-23-20(26-15-21(2,28)18-7-5-4-6-8-18)25-14-17-9-10-24-19(13-17)27-12-11-22-16-27/h4-13,16,28H,3,14-15H2,1-2H3,(H2,23,25,26). The van der Waals surface area contributed by atoms with E-state index in [4.69, 9.17) is 0 Å². The van der Waals surface area contributed by atoms with Crippen LogP contribution in [0.4, 0.5) is 0 Å². The molecule has 7 nitrogen and oxygen atoms in total. The Morgan fingerprint density at radius 2 is 2.00 bits per heavy atom. The smallest absolute Gasteiger partial charge is 0.191 e. The van der Waals surface area contributed by atoms with Gasteiger partial charge in [0, 0.05) is 25.1 Å². The van der Waals surface area contributed by atoms with Gasteiger partial charge in [-0.25, -0.2) is 15.0 Å². The number of hydrogen-bond acceptors (Lipinski definition) is 4. The first-order chi connectivity index (χ1) is 13.6. The van der Waals surface area contributed by atoms with Gasteiger partial charge in [-0.2, -0.15) is 0 Å². The van der Waals surface area contributed by atoms with Crippen LogP contribution in [-0.2, 0) is 12.1 Å². The van der Waals surface area contributed by atoms with E-state index in [9.17, 15) is 5.11 Å². The predicted molar refractivity (Wildman–Crippen MR) is 110 cm³/mol. The van der Waals surface area contributed by atoms with E-state index >= 15 is 0 Å². The van der Waals surface area contributed by atoms with Gasteiger partial charge < -0.3 is 15.7 Å². The van der Waals surface area contributed by atoms with Crippen LogP contribution in [-0.4, -0.2) is 38.7 Å². The summed E-state index contributed by atoms with van der Waals surface area (Å²) in [5.41, 5.74) is 0.895. The molecule has 28 heavy (non-hydrogen) atoms. The van der Waals surface area contributed by atoms with Gasteiger partial charge >= 0.3 is 0 Å². The van der Waals surface area contributed by atoms with E-state index in [1.165, 1.54) is 0 Å². The molecule has 7 heteroatoms. The molecule has 0 fully saturated rings. The Morgan fingerprint density at radius 1 is 1.18 bits per heavy atom. The average molecular weight is 378 g/mol. The Bertz CT molecular complexity index is 890.